The summed E-state index contributed by atoms with van der Waals surface area (Å²) >= 11 is 3.33. The molecule has 2 rings (SSSR count). The Hall–Kier alpha value is -3.07. The molecule has 8 nitrogen and oxygen atoms in total. The highest BCUT2D eigenvalue weighted by atomic mass is 79.9. The van der Waals surface area contributed by atoms with Gasteiger partial charge in [0.2, 0.25) is 5.91 Å². The van der Waals surface area contributed by atoms with Crippen molar-refractivity contribution in [2.24, 2.45) is 5.10 Å². The van der Waals surface area contributed by atoms with Crippen molar-refractivity contribution >= 4 is 39.1 Å². The molecule has 9 heteroatoms. The number of carbonyl (C=O) groups is 2. The molecule has 0 bridgehead atoms. The number of amides is 2. The minimum atomic E-state index is -0.459. The monoisotopic (exact) mass is 463 g/mol. The van der Waals surface area contributed by atoms with E-state index in [-0.39, 0.29) is 18.9 Å². The summed E-state index contributed by atoms with van der Waals surface area (Å²) in [6.07, 6.45) is 0.0136. The molecule has 0 aliphatic carbocycles. The Labute approximate surface area is 177 Å². The van der Waals surface area contributed by atoms with Crippen molar-refractivity contribution in [1.29, 1.82) is 0 Å². The molecule has 0 aliphatic rings. The summed E-state index contributed by atoms with van der Waals surface area (Å²) in [7, 11) is 3.04. The van der Waals surface area contributed by atoms with Gasteiger partial charge in [0.15, 0.2) is 18.1 Å². The molecule has 0 aliphatic heterocycles. The Balaban J connectivity index is 1.82. The molecule has 0 spiro atoms. The minimum Gasteiger partial charge on any atom is -0.495 e. The fourth-order valence-electron chi connectivity index (χ4n) is 2.31. The molecule has 0 saturated heterocycles. The average Bonchev–Trinajstić information content (AvgIpc) is 2.71. The van der Waals surface area contributed by atoms with Crippen LogP contribution in [-0.2, 0) is 9.59 Å². The number of methoxy groups -OCH3 is 2. The van der Waals surface area contributed by atoms with Gasteiger partial charge in [0.05, 0.1) is 26.3 Å². The minimum absolute atomic E-state index is 0.0136. The molecular formula is C20H22BrN3O5. The largest absolute Gasteiger partial charge is 0.495 e. The van der Waals surface area contributed by atoms with E-state index in [1.165, 1.54) is 14.2 Å². The number of hydrogen-bond donors (Lipinski definition) is 2. The Morgan fingerprint density at radius 2 is 1.72 bits per heavy atom. The number of rotatable bonds is 9. The van der Waals surface area contributed by atoms with Gasteiger partial charge in [0.25, 0.3) is 5.91 Å². The Kier molecular flexibility index (Phi) is 8.47. The van der Waals surface area contributed by atoms with E-state index in [0.29, 0.717) is 28.6 Å². The van der Waals surface area contributed by atoms with Crippen molar-refractivity contribution < 1.29 is 23.8 Å². The molecule has 2 aromatic carbocycles. The number of nitrogens with zero attached hydrogens (tertiary/aromatic N) is 1. The second-order valence-electron chi connectivity index (χ2n) is 5.89. The molecule has 2 aromatic rings. The second kappa shape index (κ2) is 11.1. The van der Waals surface area contributed by atoms with E-state index in [1.54, 1.807) is 43.3 Å². The van der Waals surface area contributed by atoms with Gasteiger partial charge in [0.1, 0.15) is 5.75 Å². The van der Waals surface area contributed by atoms with Crippen LogP contribution in [0.3, 0.4) is 0 Å². The van der Waals surface area contributed by atoms with Crippen LogP contribution in [0.2, 0.25) is 0 Å². The van der Waals surface area contributed by atoms with Crippen molar-refractivity contribution in [1.82, 2.24) is 5.43 Å². The lowest BCUT2D eigenvalue weighted by Gasteiger charge is -2.11. The summed E-state index contributed by atoms with van der Waals surface area (Å²) in [5.74, 6) is 0.757. The van der Waals surface area contributed by atoms with E-state index in [4.69, 9.17) is 14.2 Å². The van der Waals surface area contributed by atoms with Crippen LogP contribution in [0.4, 0.5) is 5.69 Å². The summed E-state index contributed by atoms with van der Waals surface area (Å²) in [5, 5.41) is 6.67. The molecule has 0 unspecified atom stereocenters. The fraction of sp³-hybridized carbons (Fsp3) is 0.250. The third kappa shape index (κ3) is 7.11. The van der Waals surface area contributed by atoms with Crippen molar-refractivity contribution in [3.05, 3.63) is 46.9 Å². The summed E-state index contributed by atoms with van der Waals surface area (Å²) in [5.41, 5.74) is 3.36. The first kappa shape index (κ1) is 22.2. The van der Waals surface area contributed by atoms with Crippen molar-refractivity contribution in [3.8, 4) is 17.2 Å². The van der Waals surface area contributed by atoms with E-state index < -0.39 is 5.91 Å². The number of halogens is 1. The fourth-order valence-corrected chi connectivity index (χ4v) is 2.65. The predicted octanol–water partition coefficient (Wildman–Crippen LogP) is 3.37. The third-order valence-corrected chi connectivity index (χ3v) is 4.15. The summed E-state index contributed by atoms with van der Waals surface area (Å²) in [6.45, 7) is 1.39. The smallest absolute Gasteiger partial charge is 0.277 e. The molecule has 154 valence electrons. The van der Waals surface area contributed by atoms with E-state index in [9.17, 15) is 9.59 Å². The quantitative estimate of drug-likeness (QED) is 0.438. The summed E-state index contributed by atoms with van der Waals surface area (Å²) in [6, 6.07) is 12.3. The maximum absolute atomic E-state index is 12.1. The molecular weight excluding hydrogens is 442 g/mol. The summed E-state index contributed by atoms with van der Waals surface area (Å²) in [4.78, 5) is 24.1. The number of carbonyl (C=O) groups excluding carboxylic acids is 2. The average molecular weight is 464 g/mol. The van der Waals surface area contributed by atoms with Gasteiger partial charge in [-0.15, -0.1) is 0 Å². The van der Waals surface area contributed by atoms with Gasteiger partial charge < -0.3 is 19.5 Å². The molecule has 0 aromatic heterocycles. The Morgan fingerprint density at radius 1 is 1.00 bits per heavy atom. The van der Waals surface area contributed by atoms with Crippen molar-refractivity contribution in [3.63, 3.8) is 0 Å². The number of hydrazone groups is 1. The molecule has 2 amide bonds. The maximum Gasteiger partial charge on any atom is 0.277 e. The van der Waals surface area contributed by atoms with Crippen LogP contribution < -0.4 is 25.0 Å². The van der Waals surface area contributed by atoms with E-state index in [2.05, 4.69) is 31.8 Å². The van der Waals surface area contributed by atoms with E-state index in [0.717, 1.165) is 4.47 Å². The lowest BCUT2D eigenvalue weighted by atomic mass is 10.2. The van der Waals surface area contributed by atoms with Gasteiger partial charge in [-0.3, -0.25) is 9.59 Å². The van der Waals surface area contributed by atoms with Gasteiger partial charge in [-0.25, -0.2) is 5.43 Å². The first-order valence-electron chi connectivity index (χ1n) is 8.64. The molecule has 0 radical (unpaired) electrons. The van der Waals surface area contributed by atoms with Gasteiger partial charge in [-0.2, -0.15) is 5.10 Å². The number of hydrogen-bond acceptors (Lipinski definition) is 6. The molecule has 0 fully saturated rings. The van der Waals surface area contributed by atoms with Crippen molar-refractivity contribution in [2.75, 3.05) is 26.1 Å². The van der Waals surface area contributed by atoms with Crippen LogP contribution in [0.25, 0.3) is 0 Å². The number of ether oxygens (including phenoxy) is 3. The molecule has 0 saturated carbocycles. The number of anilines is 1. The number of nitrogens with one attached hydrogen (secondary N) is 2. The second-order valence-corrected chi connectivity index (χ2v) is 6.81. The first-order chi connectivity index (χ1) is 13.9. The van der Waals surface area contributed by atoms with Crippen LogP contribution in [0, 0.1) is 0 Å². The molecule has 0 atom stereocenters. The van der Waals surface area contributed by atoms with Gasteiger partial charge in [0, 0.05) is 10.2 Å². The Morgan fingerprint density at radius 3 is 2.45 bits per heavy atom. The van der Waals surface area contributed by atoms with Gasteiger partial charge in [-0.1, -0.05) is 28.1 Å². The highest BCUT2D eigenvalue weighted by molar-refractivity contribution is 9.10. The van der Waals surface area contributed by atoms with Crippen LogP contribution in [0.5, 0.6) is 17.2 Å². The first-order valence-corrected chi connectivity index (χ1v) is 9.43. The highest BCUT2D eigenvalue weighted by Gasteiger charge is 2.10. The number of para-hydroxylation sites is 2. The van der Waals surface area contributed by atoms with Crippen LogP contribution in [0.15, 0.2) is 52.0 Å². The zero-order valence-electron chi connectivity index (χ0n) is 16.3. The standard InChI is InChI=1S/C20H22BrN3O5/c1-13(10-19(25)22-15-6-4-5-7-16(15)27-2)23-24-20(26)12-29-17-9-8-14(21)11-18(17)28-3/h4-9,11H,10,12H2,1-3H3,(H,22,25)(H,24,26)/b23-13+. The SMILES string of the molecule is COc1ccccc1NC(=O)C/C(C)=N/NC(=O)COc1ccc(Br)cc1OC. The van der Waals surface area contributed by atoms with Crippen LogP contribution in [0.1, 0.15) is 13.3 Å². The van der Waals surface area contributed by atoms with Crippen LogP contribution >= 0.6 is 15.9 Å². The lowest BCUT2D eigenvalue weighted by Crippen LogP contribution is -2.26. The van der Waals surface area contributed by atoms with Gasteiger partial charge >= 0.3 is 0 Å². The lowest BCUT2D eigenvalue weighted by molar-refractivity contribution is -0.123. The molecule has 29 heavy (non-hydrogen) atoms. The zero-order chi connectivity index (χ0) is 21.2. The predicted molar refractivity (Wildman–Crippen MR) is 114 cm³/mol. The highest BCUT2D eigenvalue weighted by Crippen LogP contribution is 2.30. The Bertz CT molecular complexity index is 901. The topological polar surface area (TPSA) is 98.2 Å². The van der Waals surface area contributed by atoms with E-state index >= 15 is 0 Å². The van der Waals surface area contributed by atoms with Crippen molar-refractivity contribution in [2.45, 2.75) is 13.3 Å². The maximum atomic E-state index is 12.1. The van der Waals surface area contributed by atoms with Crippen LogP contribution in [-0.4, -0.2) is 38.4 Å². The third-order valence-electron chi connectivity index (χ3n) is 3.65. The number of benzene rings is 2. The molecule has 2 N–H and O–H groups in total. The van der Waals surface area contributed by atoms with Gasteiger partial charge in [-0.05, 0) is 37.3 Å². The zero-order valence-corrected chi connectivity index (χ0v) is 17.9. The normalized spacial score (nSPS) is 10.8. The van der Waals surface area contributed by atoms with E-state index in [1.807, 2.05) is 6.07 Å². The summed E-state index contributed by atoms with van der Waals surface area (Å²) < 4.78 is 16.7. The molecule has 0 heterocycles.